The molecule has 0 saturated heterocycles. The first kappa shape index (κ1) is 6.40. The van der Waals surface area contributed by atoms with Crippen molar-refractivity contribution in [3.63, 3.8) is 0 Å². The molecule has 0 aromatic carbocycles. The maximum Gasteiger partial charge on any atom is 0.104 e. The minimum Gasteiger partial charge on any atom is -0.247 e. The van der Waals surface area contributed by atoms with E-state index in [1.165, 1.54) is 0 Å². The molecule has 0 nitrogen and oxygen atoms in total. The van der Waals surface area contributed by atoms with E-state index in [0.717, 1.165) is 12.8 Å². The van der Waals surface area contributed by atoms with Gasteiger partial charge in [-0.3, -0.25) is 0 Å². The Balaban J connectivity index is 2.26. The van der Waals surface area contributed by atoms with Crippen molar-refractivity contribution in [3.05, 3.63) is 0 Å². The van der Waals surface area contributed by atoms with E-state index in [4.69, 9.17) is 0 Å². The van der Waals surface area contributed by atoms with E-state index >= 15 is 0 Å². The highest BCUT2D eigenvalue weighted by Gasteiger charge is 2.33. The van der Waals surface area contributed by atoms with Crippen LogP contribution < -0.4 is 0 Å². The molecule has 0 heterocycles. The van der Waals surface area contributed by atoms with Crippen molar-refractivity contribution in [2.45, 2.75) is 31.2 Å². The summed E-state index contributed by atoms with van der Waals surface area (Å²) in [5, 5.41) is 0.249. The van der Waals surface area contributed by atoms with Crippen LogP contribution in [0.5, 0.6) is 0 Å². The molecule has 0 aromatic rings. The average Bonchev–Trinajstić information content (AvgIpc) is 1.61. The fraction of sp³-hybridized carbons (Fsp3) is 1.00. The van der Waals surface area contributed by atoms with Crippen LogP contribution in [-0.4, -0.2) is 11.4 Å². The summed E-state index contributed by atoms with van der Waals surface area (Å²) in [6.07, 6.45) is 1.24. The second kappa shape index (κ2) is 2.26. The molecule has 48 valence electrons. The molecular weight excluding hydrogens is 123 g/mol. The maximum atomic E-state index is 12.4. The topological polar surface area (TPSA) is 0 Å². The SMILES string of the molecule is CC(S)C1CCC1F. The highest BCUT2D eigenvalue weighted by Crippen LogP contribution is 2.34. The maximum absolute atomic E-state index is 12.4. The number of hydrogen-bond acceptors (Lipinski definition) is 1. The molecule has 0 aliphatic heterocycles. The summed E-state index contributed by atoms with van der Waals surface area (Å²) >= 11 is 4.14. The van der Waals surface area contributed by atoms with Gasteiger partial charge in [-0.2, -0.15) is 12.6 Å². The quantitative estimate of drug-likeness (QED) is 0.521. The molecule has 1 aliphatic rings. The monoisotopic (exact) mass is 134 g/mol. The Morgan fingerprint density at radius 3 is 2.25 bits per heavy atom. The molecule has 2 heteroatoms. The summed E-state index contributed by atoms with van der Waals surface area (Å²) in [6.45, 7) is 1.96. The van der Waals surface area contributed by atoms with Gasteiger partial charge in [0.1, 0.15) is 6.17 Å². The van der Waals surface area contributed by atoms with E-state index < -0.39 is 6.17 Å². The summed E-state index contributed by atoms with van der Waals surface area (Å²) in [6, 6.07) is 0. The van der Waals surface area contributed by atoms with Crippen molar-refractivity contribution in [1.29, 1.82) is 0 Å². The molecule has 1 saturated carbocycles. The van der Waals surface area contributed by atoms with Crippen molar-refractivity contribution in [3.8, 4) is 0 Å². The van der Waals surface area contributed by atoms with E-state index in [9.17, 15) is 4.39 Å². The molecular formula is C6H11FS. The zero-order valence-electron chi connectivity index (χ0n) is 4.97. The minimum absolute atomic E-state index is 0.248. The minimum atomic E-state index is -0.553. The molecule has 1 rings (SSSR count). The number of rotatable bonds is 1. The van der Waals surface area contributed by atoms with Gasteiger partial charge in [0.15, 0.2) is 0 Å². The van der Waals surface area contributed by atoms with Crippen LogP contribution in [0.1, 0.15) is 19.8 Å². The zero-order valence-corrected chi connectivity index (χ0v) is 5.87. The third kappa shape index (κ3) is 0.993. The van der Waals surface area contributed by atoms with Crippen LogP contribution in [0.15, 0.2) is 0 Å². The molecule has 0 amide bonds. The fourth-order valence-electron chi connectivity index (χ4n) is 1.03. The van der Waals surface area contributed by atoms with E-state index in [0.29, 0.717) is 0 Å². The first-order chi connectivity index (χ1) is 3.72. The molecule has 0 spiro atoms. The van der Waals surface area contributed by atoms with Crippen molar-refractivity contribution < 1.29 is 4.39 Å². The molecule has 3 unspecified atom stereocenters. The molecule has 8 heavy (non-hydrogen) atoms. The molecule has 0 bridgehead atoms. The van der Waals surface area contributed by atoms with E-state index in [1.807, 2.05) is 6.92 Å². The molecule has 0 radical (unpaired) electrons. The van der Waals surface area contributed by atoms with Gasteiger partial charge in [0.2, 0.25) is 0 Å². The van der Waals surface area contributed by atoms with Crippen molar-refractivity contribution >= 4 is 12.6 Å². The van der Waals surface area contributed by atoms with Crippen molar-refractivity contribution in [2.24, 2.45) is 5.92 Å². The van der Waals surface area contributed by atoms with Crippen LogP contribution in [0.25, 0.3) is 0 Å². The van der Waals surface area contributed by atoms with Crippen molar-refractivity contribution in [2.75, 3.05) is 0 Å². The van der Waals surface area contributed by atoms with E-state index in [2.05, 4.69) is 12.6 Å². The van der Waals surface area contributed by atoms with E-state index in [1.54, 1.807) is 0 Å². The summed E-state index contributed by atoms with van der Waals surface area (Å²) < 4.78 is 12.4. The predicted molar refractivity (Wildman–Crippen MR) is 36.1 cm³/mol. The first-order valence-electron chi connectivity index (χ1n) is 3.04. The predicted octanol–water partition coefficient (Wildman–Crippen LogP) is 2.05. The summed E-state index contributed by atoms with van der Waals surface area (Å²) in [5.41, 5.74) is 0. The third-order valence-corrected chi connectivity index (χ3v) is 2.24. The van der Waals surface area contributed by atoms with Gasteiger partial charge in [-0.1, -0.05) is 6.92 Å². The van der Waals surface area contributed by atoms with Crippen LogP contribution in [0, 0.1) is 5.92 Å². The van der Waals surface area contributed by atoms with Gasteiger partial charge in [-0.25, -0.2) is 4.39 Å². The third-order valence-electron chi connectivity index (χ3n) is 1.86. The summed E-state index contributed by atoms with van der Waals surface area (Å²) in [7, 11) is 0. The normalized spacial score (nSPS) is 40.9. The Morgan fingerprint density at radius 1 is 1.62 bits per heavy atom. The Hall–Kier alpha value is 0.280. The lowest BCUT2D eigenvalue weighted by Gasteiger charge is -2.32. The summed E-state index contributed by atoms with van der Waals surface area (Å²) in [5.74, 6) is 0.248. The van der Waals surface area contributed by atoms with Gasteiger partial charge < -0.3 is 0 Å². The lowest BCUT2D eigenvalue weighted by molar-refractivity contribution is 0.114. The smallest absolute Gasteiger partial charge is 0.104 e. The Kier molecular flexibility index (Phi) is 1.81. The molecule has 0 N–H and O–H groups in total. The Labute approximate surface area is 54.9 Å². The zero-order chi connectivity index (χ0) is 6.15. The first-order valence-corrected chi connectivity index (χ1v) is 3.55. The largest absolute Gasteiger partial charge is 0.247 e. The molecule has 3 atom stereocenters. The molecule has 0 aromatic heterocycles. The fourth-order valence-corrected chi connectivity index (χ4v) is 1.36. The second-order valence-electron chi connectivity index (χ2n) is 2.50. The van der Waals surface area contributed by atoms with Gasteiger partial charge in [-0.15, -0.1) is 0 Å². The summed E-state index contributed by atoms with van der Waals surface area (Å²) in [4.78, 5) is 0. The second-order valence-corrected chi connectivity index (χ2v) is 3.31. The number of hydrogen-bond donors (Lipinski definition) is 1. The highest BCUT2D eigenvalue weighted by molar-refractivity contribution is 7.80. The van der Waals surface area contributed by atoms with Gasteiger partial charge >= 0.3 is 0 Å². The lowest BCUT2D eigenvalue weighted by Crippen LogP contribution is -2.33. The van der Waals surface area contributed by atoms with Crippen molar-refractivity contribution in [1.82, 2.24) is 0 Å². The van der Waals surface area contributed by atoms with Crippen LogP contribution in [-0.2, 0) is 0 Å². The van der Waals surface area contributed by atoms with Crippen LogP contribution in [0.2, 0.25) is 0 Å². The lowest BCUT2D eigenvalue weighted by atomic mass is 9.81. The average molecular weight is 134 g/mol. The van der Waals surface area contributed by atoms with Gasteiger partial charge in [0, 0.05) is 11.2 Å². The standard InChI is InChI=1S/C6H11FS/c1-4(8)5-2-3-6(5)7/h4-6,8H,2-3H2,1H3. The number of thiol groups is 1. The van der Waals surface area contributed by atoms with Gasteiger partial charge in [0.05, 0.1) is 0 Å². The van der Waals surface area contributed by atoms with Crippen LogP contribution in [0.3, 0.4) is 0 Å². The van der Waals surface area contributed by atoms with Crippen LogP contribution >= 0.6 is 12.6 Å². The number of alkyl halides is 1. The van der Waals surface area contributed by atoms with Gasteiger partial charge in [0.25, 0.3) is 0 Å². The van der Waals surface area contributed by atoms with E-state index in [-0.39, 0.29) is 11.2 Å². The highest BCUT2D eigenvalue weighted by atomic mass is 32.1. The molecule has 1 aliphatic carbocycles. The number of halogens is 1. The Morgan fingerprint density at radius 2 is 2.25 bits per heavy atom. The van der Waals surface area contributed by atoms with Gasteiger partial charge in [-0.05, 0) is 12.8 Å². The Bertz CT molecular complexity index is 77.8. The van der Waals surface area contributed by atoms with Crippen LogP contribution in [0.4, 0.5) is 4.39 Å². The molecule has 1 fully saturated rings.